The summed E-state index contributed by atoms with van der Waals surface area (Å²) in [6.45, 7) is 1.75. The van der Waals surface area contributed by atoms with Crippen LogP contribution in [0.5, 0.6) is 0 Å². The van der Waals surface area contributed by atoms with Gasteiger partial charge >= 0.3 is 6.09 Å². The minimum absolute atomic E-state index is 0.266. The molecule has 0 spiro atoms. The van der Waals surface area contributed by atoms with Crippen molar-refractivity contribution in [3.63, 3.8) is 0 Å². The third-order valence-corrected chi connectivity index (χ3v) is 2.88. The van der Waals surface area contributed by atoms with Crippen molar-refractivity contribution in [1.82, 2.24) is 15.1 Å². The van der Waals surface area contributed by atoms with E-state index < -0.39 is 6.09 Å². The quantitative estimate of drug-likeness (QED) is 0.871. The average Bonchev–Trinajstić information content (AvgIpc) is 2.98. The number of fused-ring (bicyclic) bond motifs is 1. The van der Waals surface area contributed by atoms with E-state index in [1.54, 1.807) is 6.20 Å². The number of hydrogen-bond acceptors (Lipinski definition) is 4. The molecule has 0 bridgehead atoms. The molecule has 0 radical (unpaired) electrons. The van der Waals surface area contributed by atoms with E-state index in [0.717, 1.165) is 23.4 Å². The number of benzene rings is 1. The molecule has 0 saturated heterocycles. The van der Waals surface area contributed by atoms with Gasteiger partial charge in [0.05, 0.1) is 5.69 Å². The van der Waals surface area contributed by atoms with E-state index in [1.165, 1.54) is 4.68 Å². The van der Waals surface area contributed by atoms with Gasteiger partial charge in [-0.15, -0.1) is 0 Å². The van der Waals surface area contributed by atoms with E-state index in [4.69, 9.17) is 4.74 Å². The summed E-state index contributed by atoms with van der Waals surface area (Å²) in [4.78, 5) is 11.8. The molecule has 1 aromatic carbocycles. The zero-order valence-corrected chi connectivity index (χ0v) is 9.80. The van der Waals surface area contributed by atoms with Crippen LogP contribution in [0.2, 0.25) is 0 Å². The van der Waals surface area contributed by atoms with Crippen LogP contribution >= 0.6 is 0 Å². The number of hydrogen-bond donors (Lipinski definition) is 1. The number of carbonyl (C=O) groups is 1. The van der Waals surface area contributed by atoms with Gasteiger partial charge in [-0.05, 0) is 5.56 Å². The molecule has 0 fully saturated rings. The predicted molar refractivity (Wildman–Crippen MR) is 64.8 cm³/mol. The summed E-state index contributed by atoms with van der Waals surface area (Å²) in [5.41, 5.74) is 2.95. The number of ether oxygens (including phenoxy) is 1. The van der Waals surface area contributed by atoms with Gasteiger partial charge in [-0.25, -0.2) is 4.79 Å². The summed E-state index contributed by atoms with van der Waals surface area (Å²) in [7, 11) is 0. The first-order chi connectivity index (χ1) is 8.83. The van der Waals surface area contributed by atoms with E-state index in [-0.39, 0.29) is 6.61 Å². The van der Waals surface area contributed by atoms with Gasteiger partial charge in [-0.1, -0.05) is 30.3 Å². The highest BCUT2D eigenvalue weighted by Crippen LogP contribution is 2.13. The van der Waals surface area contributed by atoms with Crippen LogP contribution in [0.15, 0.2) is 36.5 Å². The number of nitrogens with zero attached hydrogens (tertiary/aromatic N) is 2. The fraction of sp³-hybridized carbons (Fsp3) is 0.231. The van der Waals surface area contributed by atoms with Gasteiger partial charge in [0.1, 0.15) is 6.61 Å². The summed E-state index contributed by atoms with van der Waals surface area (Å²) in [6.07, 6.45) is 1.29. The molecule has 1 aromatic heterocycles. The van der Waals surface area contributed by atoms with Crippen LogP contribution in [-0.4, -0.2) is 15.9 Å². The normalized spacial score (nSPS) is 13.3. The van der Waals surface area contributed by atoms with Crippen LogP contribution in [0.25, 0.3) is 0 Å². The maximum atomic E-state index is 11.8. The molecule has 0 saturated carbocycles. The lowest BCUT2D eigenvalue weighted by Crippen LogP contribution is -2.15. The highest BCUT2D eigenvalue weighted by Gasteiger charge is 2.17. The molecular weight excluding hydrogens is 230 g/mol. The SMILES string of the molecule is O=C(OCc1ccccc1)n1cc2c(n1)CNC2. The fourth-order valence-electron chi connectivity index (χ4n) is 1.94. The van der Waals surface area contributed by atoms with Crippen LogP contribution in [0.4, 0.5) is 4.79 Å². The first-order valence-corrected chi connectivity index (χ1v) is 5.82. The lowest BCUT2D eigenvalue weighted by molar-refractivity contribution is 0.137. The number of nitrogens with one attached hydrogen (secondary N) is 1. The van der Waals surface area contributed by atoms with Crippen molar-refractivity contribution in [2.24, 2.45) is 0 Å². The van der Waals surface area contributed by atoms with Gasteiger partial charge < -0.3 is 10.1 Å². The second kappa shape index (κ2) is 4.62. The van der Waals surface area contributed by atoms with E-state index in [1.807, 2.05) is 30.3 Å². The highest BCUT2D eigenvalue weighted by atomic mass is 16.6. The molecule has 0 unspecified atom stereocenters. The summed E-state index contributed by atoms with van der Waals surface area (Å²) in [5, 5.41) is 7.35. The van der Waals surface area contributed by atoms with Crippen molar-refractivity contribution in [3.8, 4) is 0 Å². The molecule has 2 aromatic rings. The molecule has 0 aliphatic carbocycles. The van der Waals surface area contributed by atoms with E-state index >= 15 is 0 Å². The van der Waals surface area contributed by atoms with Crippen molar-refractivity contribution in [3.05, 3.63) is 53.3 Å². The number of aromatic nitrogens is 2. The van der Waals surface area contributed by atoms with Crippen LogP contribution in [-0.2, 0) is 24.4 Å². The Bertz CT molecular complexity index is 541. The van der Waals surface area contributed by atoms with E-state index in [0.29, 0.717) is 6.54 Å². The molecule has 1 aliphatic heterocycles. The maximum Gasteiger partial charge on any atom is 0.435 e. The van der Waals surface area contributed by atoms with Gasteiger partial charge in [-0.3, -0.25) is 0 Å². The second-order valence-corrected chi connectivity index (χ2v) is 4.19. The summed E-state index contributed by atoms with van der Waals surface area (Å²) in [6, 6.07) is 9.59. The monoisotopic (exact) mass is 243 g/mol. The fourth-order valence-corrected chi connectivity index (χ4v) is 1.94. The number of rotatable bonds is 2. The Balaban J connectivity index is 1.64. The second-order valence-electron chi connectivity index (χ2n) is 4.19. The molecule has 3 rings (SSSR count). The Morgan fingerprint density at radius 2 is 2.17 bits per heavy atom. The van der Waals surface area contributed by atoms with Crippen LogP contribution in [0.3, 0.4) is 0 Å². The third kappa shape index (κ3) is 2.12. The molecule has 18 heavy (non-hydrogen) atoms. The minimum atomic E-state index is -0.437. The lowest BCUT2D eigenvalue weighted by Gasteiger charge is -2.04. The van der Waals surface area contributed by atoms with Crippen LogP contribution < -0.4 is 5.32 Å². The zero-order chi connectivity index (χ0) is 12.4. The van der Waals surface area contributed by atoms with E-state index in [9.17, 15) is 4.79 Å². The minimum Gasteiger partial charge on any atom is -0.443 e. The molecule has 5 nitrogen and oxygen atoms in total. The van der Waals surface area contributed by atoms with Crippen LogP contribution in [0.1, 0.15) is 16.8 Å². The standard InChI is InChI=1S/C13H13N3O2/c17-13(18-9-10-4-2-1-3-5-10)16-8-11-6-14-7-12(11)15-16/h1-5,8,14H,6-7,9H2. The summed E-state index contributed by atoms with van der Waals surface area (Å²) >= 11 is 0. The molecule has 92 valence electrons. The largest absolute Gasteiger partial charge is 0.443 e. The van der Waals surface area contributed by atoms with Crippen molar-refractivity contribution in [1.29, 1.82) is 0 Å². The summed E-state index contributed by atoms with van der Waals surface area (Å²) in [5.74, 6) is 0. The molecule has 2 heterocycles. The summed E-state index contributed by atoms with van der Waals surface area (Å²) < 4.78 is 6.46. The average molecular weight is 243 g/mol. The smallest absolute Gasteiger partial charge is 0.435 e. The third-order valence-electron chi connectivity index (χ3n) is 2.88. The molecule has 1 N–H and O–H groups in total. The Morgan fingerprint density at radius 3 is 2.94 bits per heavy atom. The maximum absolute atomic E-state index is 11.8. The topological polar surface area (TPSA) is 56.2 Å². The Kier molecular flexibility index (Phi) is 2.82. The molecule has 0 amide bonds. The Hall–Kier alpha value is -2.14. The van der Waals surface area contributed by atoms with Crippen molar-refractivity contribution in [2.45, 2.75) is 19.7 Å². The van der Waals surface area contributed by atoms with Crippen molar-refractivity contribution < 1.29 is 9.53 Å². The molecule has 1 aliphatic rings. The first kappa shape index (κ1) is 11.0. The van der Waals surface area contributed by atoms with Gasteiger partial charge in [0.15, 0.2) is 0 Å². The van der Waals surface area contributed by atoms with Crippen LogP contribution in [0, 0.1) is 0 Å². The van der Waals surface area contributed by atoms with Crippen molar-refractivity contribution in [2.75, 3.05) is 0 Å². The molecular formula is C13H13N3O2. The molecule has 5 heteroatoms. The Labute approximate surface area is 104 Å². The van der Waals surface area contributed by atoms with Crippen molar-refractivity contribution >= 4 is 6.09 Å². The van der Waals surface area contributed by atoms with Gasteiger partial charge in [0.25, 0.3) is 0 Å². The van der Waals surface area contributed by atoms with Gasteiger partial charge in [0.2, 0.25) is 0 Å². The highest BCUT2D eigenvalue weighted by molar-refractivity contribution is 5.69. The lowest BCUT2D eigenvalue weighted by atomic mass is 10.2. The zero-order valence-electron chi connectivity index (χ0n) is 9.80. The Morgan fingerprint density at radius 1 is 1.33 bits per heavy atom. The van der Waals surface area contributed by atoms with Gasteiger partial charge in [-0.2, -0.15) is 9.78 Å². The number of carbonyl (C=O) groups excluding carboxylic acids is 1. The van der Waals surface area contributed by atoms with Gasteiger partial charge in [0, 0.05) is 24.8 Å². The first-order valence-electron chi connectivity index (χ1n) is 5.82. The molecule has 0 atom stereocenters. The van der Waals surface area contributed by atoms with E-state index in [2.05, 4.69) is 10.4 Å². The predicted octanol–water partition coefficient (Wildman–Crippen LogP) is 1.67.